The topological polar surface area (TPSA) is 135 Å². The van der Waals surface area contributed by atoms with E-state index in [1.807, 2.05) is 4.57 Å². The molecule has 1 aromatic carbocycles. The number of aryl methyl sites for hydroxylation is 1. The molecule has 0 unspecified atom stereocenters. The molecule has 1 amide bonds. The molecule has 2 aromatic rings. The minimum atomic E-state index is -0.523. The number of nitrogens with zero attached hydrogens (tertiary/aromatic N) is 3. The summed E-state index contributed by atoms with van der Waals surface area (Å²) in [6.45, 7) is 6.11. The van der Waals surface area contributed by atoms with E-state index in [1.54, 1.807) is 12.1 Å². The van der Waals surface area contributed by atoms with Crippen LogP contribution in [0.3, 0.4) is 0 Å². The van der Waals surface area contributed by atoms with Gasteiger partial charge in [0.05, 0.1) is 25.3 Å². The first kappa shape index (κ1) is 19.4. The molecule has 1 saturated heterocycles. The minimum Gasteiger partial charge on any atom is -0.491 e. The van der Waals surface area contributed by atoms with Gasteiger partial charge in [0.2, 0.25) is 11.9 Å². The quantitative estimate of drug-likeness (QED) is 0.531. The number of nitrogens with two attached hydrogens (primary N) is 3. The van der Waals surface area contributed by atoms with Crippen LogP contribution < -0.4 is 21.9 Å². The molecule has 1 aliphatic rings. The highest BCUT2D eigenvalue weighted by molar-refractivity contribution is 5.98. The van der Waals surface area contributed by atoms with Crippen LogP contribution in [-0.2, 0) is 11.3 Å². The van der Waals surface area contributed by atoms with Crippen molar-refractivity contribution in [1.82, 2.24) is 14.5 Å². The smallest absolute Gasteiger partial charge is 0.248 e. The van der Waals surface area contributed by atoms with Crippen LogP contribution in [0.1, 0.15) is 23.2 Å². The summed E-state index contributed by atoms with van der Waals surface area (Å²) in [5.74, 6) is 0.424. The lowest BCUT2D eigenvalue weighted by Crippen LogP contribution is -2.37. The first-order chi connectivity index (χ1) is 13.1. The second-order valence-electron chi connectivity index (χ2n) is 6.63. The van der Waals surface area contributed by atoms with Crippen LogP contribution in [0.5, 0.6) is 5.75 Å². The molecule has 148 valence electrons. The maximum Gasteiger partial charge on any atom is 0.248 e. The predicted octanol–water partition coefficient (Wildman–Crippen LogP) is 0.167. The van der Waals surface area contributed by atoms with Crippen LogP contribution in [0.25, 0.3) is 11.0 Å². The third kappa shape index (κ3) is 4.68. The number of rotatable bonds is 9. The number of anilines is 1. The normalized spacial score (nSPS) is 15.3. The lowest BCUT2D eigenvalue weighted by atomic mass is 10.1. The molecule has 0 radical (unpaired) electrons. The van der Waals surface area contributed by atoms with Gasteiger partial charge in [-0.25, -0.2) is 4.98 Å². The zero-order chi connectivity index (χ0) is 19.2. The molecule has 27 heavy (non-hydrogen) atoms. The number of imidazole rings is 1. The third-order valence-electron chi connectivity index (χ3n) is 4.69. The average Bonchev–Trinajstić information content (AvgIpc) is 2.99. The van der Waals surface area contributed by atoms with E-state index in [0.29, 0.717) is 42.5 Å². The number of carbonyl (C=O) groups excluding carboxylic acids is 1. The fourth-order valence-corrected chi connectivity index (χ4v) is 3.27. The summed E-state index contributed by atoms with van der Waals surface area (Å²) in [4.78, 5) is 18.4. The molecule has 2 heterocycles. The van der Waals surface area contributed by atoms with Crippen molar-refractivity contribution in [3.63, 3.8) is 0 Å². The number of carbonyl (C=O) groups is 1. The molecule has 0 bridgehead atoms. The Morgan fingerprint density at radius 2 is 2.00 bits per heavy atom. The van der Waals surface area contributed by atoms with Crippen LogP contribution in [0.2, 0.25) is 0 Å². The number of hydrogen-bond acceptors (Lipinski definition) is 7. The molecule has 1 aromatic heterocycles. The van der Waals surface area contributed by atoms with Gasteiger partial charge in [0.1, 0.15) is 11.3 Å². The summed E-state index contributed by atoms with van der Waals surface area (Å²) in [5.41, 5.74) is 18.9. The van der Waals surface area contributed by atoms with E-state index in [-0.39, 0.29) is 0 Å². The molecular formula is C18H28N6O3. The van der Waals surface area contributed by atoms with Crippen molar-refractivity contribution in [1.29, 1.82) is 0 Å². The fourth-order valence-electron chi connectivity index (χ4n) is 3.27. The van der Waals surface area contributed by atoms with Gasteiger partial charge in [0.15, 0.2) is 0 Å². The number of primary amides is 1. The van der Waals surface area contributed by atoms with Crippen LogP contribution in [0, 0.1) is 0 Å². The Morgan fingerprint density at radius 3 is 2.70 bits per heavy atom. The number of amides is 1. The number of fused-ring (bicyclic) bond motifs is 1. The summed E-state index contributed by atoms with van der Waals surface area (Å²) in [5, 5.41) is 0. The standard InChI is InChI=1S/C18H28N6O3/c19-3-1-5-24-16-14(22-18(24)21)11-13(17(20)25)12-15(16)27-8-2-4-23-6-9-26-10-7-23/h11-12H,1-10,19H2,(H2,20,25)(H2,21,22). The highest BCUT2D eigenvalue weighted by Gasteiger charge is 2.17. The number of hydrogen-bond donors (Lipinski definition) is 3. The van der Waals surface area contributed by atoms with E-state index in [9.17, 15) is 4.79 Å². The van der Waals surface area contributed by atoms with E-state index in [1.165, 1.54) is 0 Å². The van der Waals surface area contributed by atoms with Crippen LogP contribution in [0.15, 0.2) is 12.1 Å². The molecule has 9 nitrogen and oxygen atoms in total. The van der Waals surface area contributed by atoms with E-state index in [4.69, 9.17) is 26.7 Å². The molecule has 0 aliphatic carbocycles. The third-order valence-corrected chi connectivity index (χ3v) is 4.69. The van der Waals surface area contributed by atoms with Crippen molar-refractivity contribution in [2.45, 2.75) is 19.4 Å². The Morgan fingerprint density at radius 1 is 1.22 bits per heavy atom. The molecule has 0 saturated carbocycles. The van der Waals surface area contributed by atoms with Gasteiger partial charge in [0.25, 0.3) is 0 Å². The average molecular weight is 376 g/mol. The molecule has 9 heteroatoms. The minimum absolute atomic E-state index is 0.356. The van der Waals surface area contributed by atoms with Gasteiger partial charge in [0, 0.05) is 31.7 Å². The van der Waals surface area contributed by atoms with E-state index >= 15 is 0 Å². The molecular weight excluding hydrogens is 348 g/mol. The van der Waals surface area contributed by atoms with Crippen molar-refractivity contribution < 1.29 is 14.3 Å². The van der Waals surface area contributed by atoms with Gasteiger partial charge in [-0.3, -0.25) is 9.69 Å². The van der Waals surface area contributed by atoms with Gasteiger partial charge in [-0.1, -0.05) is 0 Å². The lowest BCUT2D eigenvalue weighted by Gasteiger charge is -2.26. The van der Waals surface area contributed by atoms with Crippen molar-refractivity contribution in [2.24, 2.45) is 11.5 Å². The largest absolute Gasteiger partial charge is 0.491 e. The molecule has 3 rings (SSSR count). The second kappa shape index (κ2) is 9.03. The Labute approximate surface area is 158 Å². The summed E-state index contributed by atoms with van der Waals surface area (Å²) < 4.78 is 13.3. The van der Waals surface area contributed by atoms with Crippen molar-refractivity contribution in [3.05, 3.63) is 17.7 Å². The van der Waals surface area contributed by atoms with Crippen LogP contribution in [0.4, 0.5) is 5.95 Å². The maximum absolute atomic E-state index is 11.7. The highest BCUT2D eigenvalue weighted by atomic mass is 16.5. The number of benzene rings is 1. The van der Waals surface area contributed by atoms with E-state index in [2.05, 4.69) is 9.88 Å². The summed E-state index contributed by atoms with van der Waals surface area (Å²) in [6.07, 6.45) is 1.64. The zero-order valence-electron chi connectivity index (χ0n) is 15.5. The van der Waals surface area contributed by atoms with Crippen molar-refractivity contribution in [3.8, 4) is 5.75 Å². The predicted molar refractivity (Wildman–Crippen MR) is 104 cm³/mol. The lowest BCUT2D eigenvalue weighted by molar-refractivity contribution is 0.0358. The summed E-state index contributed by atoms with van der Waals surface area (Å²) >= 11 is 0. The highest BCUT2D eigenvalue weighted by Crippen LogP contribution is 2.30. The van der Waals surface area contributed by atoms with Crippen LogP contribution >= 0.6 is 0 Å². The Kier molecular flexibility index (Phi) is 6.49. The Bertz CT molecular complexity index is 785. The Hall–Kier alpha value is -2.36. The first-order valence-electron chi connectivity index (χ1n) is 9.32. The molecule has 0 atom stereocenters. The van der Waals surface area contributed by atoms with Crippen molar-refractivity contribution in [2.75, 3.05) is 51.7 Å². The molecule has 6 N–H and O–H groups in total. The number of morpholine rings is 1. The number of aromatic nitrogens is 2. The van der Waals surface area contributed by atoms with E-state index < -0.39 is 5.91 Å². The Balaban J connectivity index is 1.77. The summed E-state index contributed by atoms with van der Waals surface area (Å²) in [6, 6.07) is 3.31. The van der Waals surface area contributed by atoms with Gasteiger partial charge < -0.3 is 31.2 Å². The first-order valence-corrected chi connectivity index (χ1v) is 9.32. The van der Waals surface area contributed by atoms with Gasteiger partial charge in [-0.15, -0.1) is 0 Å². The monoisotopic (exact) mass is 376 g/mol. The van der Waals surface area contributed by atoms with Gasteiger partial charge >= 0.3 is 0 Å². The maximum atomic E-state index is 11.7. The van der Waals surface area contributed by atoms with Crippen molar-refractivity contribution >= 4 is 22.9 Å². The van der Waals surface area contributed by atoms with Gasteiger partial charge in [-0.05, 0) is 31.5 Å². The van der Waals surface area contributed by atoms with Gasteiger partial charge in [-0.2, -0.15) is 0 Å². The molecule has 0 spiro atoms. The number of ether oxygens (including phenoxy) is 2. The SMILES string of the molecule is NCCCn1c(N)nc2cc(C(N)=O)cc(OCCCN3CCOCC3)c21. The zero-order valence-corrected chi connectivity index (χ0v) is 15.5. The molecule has 1 fully saturated rings. The summed E-state index contributed by atoms with van der Waals surface area (Å²) in [7, 11) is 0. The molecule has 1 aliphatic heterocycles. The second-order valence-corrected chi connectivity index (χ2v) is 6.63. The number of nitrogen functional groups attached to an aromatic ring is 1. The van der Waals surface area contributed by atoms with E-state index in [0.717, 1.165) is 51.2 Å². The fraction of sp³-hybridized carbons (Fsp3) is 0.556. The van der Waals surface area contributed by atoms with Crippen LogP contribution in [-0.4, -0.2) is 66.4 Å².